The van der Waals surface area contributed by atoms with Gasteiger partial charge in [-0.05, 0) is 98.0 Å². The van der Waals surface area contributed by atoms with Gasteiger partial charge in [-0.3, -0.25) is 9.55 Å². The first-order chi connectivity index (χ1) is 33.9. The van der Waals surface area contributed by atoms with E-state index >= 15 is 0 Å². The number of benzene rings is 8. The fraction of sp³-hybridized carbons (Fsp3) is 0.194. The molecule has 0 atom stereocenters. The van der Waals surface area contributed by atoms with Crippen LogP contribution in [0.15, 0.2) is 188 Å². The number of hydrogen-bond donors (Lipinski definition) is 1. The van der Waals surface area contributed by atoms with E-state index in [0.717, 1.165) is 94.7 Å². The minimum Gasteiger partial charge on any atom is -0.507 e. The van der Waals surface area contributed by atoms with E-state index in [4.69, 9.17) is 9.97 Å². The zero-order chi connectivity index (χ0) is 49.8. The summed E-state index contributed by atoms with van der Waals surface area (Å²) in [7, 11) is 0. The van der Waals surface area contributed by atoms with Crippen molar-refractivity contribution in [3.8, 4) is 89.7 Å². The molecule has 0 aliphatic carbocycles. The van der Waals surface area contributed by atoms with Crippen LogP contribution in [0.1, 0.15) is 84.6 Å². The van der Waals surface area contributed by atoms with E-state index < -0.39 is 0 Å². The van der Waals surface area contributed by atoms with Gasteiger partial charge in [-0.25, -0.2) is 4.98 Å². The molecule has 0 aliphatic heterocycles. The molecule has 10 rings (SSSR count). The average molecular weight is 1120 g/mol. The van der Waals surface area contributed by atoms with Crippen LogP contribution in [-0.4, -0.2) is 19.6 Å². The molecule has 1 N–H and O–H groups in total. The fourth-order valence-electron chi connectivity index (χ4n) is 9.80. The van der Waals surface area contributed by atoms with Crippen LogP contribution in [0.4, 0.5) is 0 Å². The van der Waals surface area contributed by atoms with E-state index in [0.29, 0.717) is 11.4 Å². The Hall–Kier alpha value is -7.13. The van der Waals surface area contributed by atoms with Crippen molar-refractivity contribution in [1.82, 2.24) is 14.5 Å². The second-order valence-electron chi connectivity index (χ2n) is 22.1. The molecule has 0 spiro atoms. The predicted octanol–water partition coefficient (Wildman–Crippen LogP) is 17.8. The number of nitrogens with zero attached hydrogens (tertiary/aromatic N) is 3. The van der Waals surface area contributed by atoms with Crippen LogP contribution in [0.25, 0.3) is 95.0 Å². The maximum Gasteiger partial charge on any atom is 0.148 e. The van der Waals surface area contributed by atoms with Crippen LogP contribution in [-0.2, 0) is 37.3 Å². The molecule has 0 aliphatic rings. The molecule has 0 bridgehead atoms. The zero-order valence-electron chi connectivity index (χ0n) is 43.0. The number of aromatic hydroxyl groups is 1. The molecule has 0 saturated carbocycles. The third-order valence-corrected chi connectivity index (χ3v) is 13.8. The van der Waals surface area contributed by atoms with Crippen molar-refractivity contribution in [3.63, 3.8) is 0 Å². The third kappa shape index (κ3) is 9.78. The topological polar surface area (TPSA) is 50.9 Å². The third-order valence-electron chi connectivity index (χ3n) is 13.8. The van der Waals surface area contributed by atoms with Gasteiger partial charge in [0.05, 0.1) is 22.3 Å². The monoisotopic (exact) mass is 1120 g/mol. The SMILES string of the molecule is Cc1ccc(-c2ccnc(-c3[c-]c(-c4cccc5c4nc(-c4cc(C(C)(C)C)cc(C(C)(C)C)c4O)n5-c4cc(-c5ccccc5)c(C(C)(C)C)cc4-c4ccccc4)cc(-c4ccccc4)c3)c2)cc1.[Pt]. The Morgan fingerprint density at radius 3 is 1.65 bits per heavy atom. The Morgan fingerprint density at radius 2 is 1.04 bits per heavy atom. The summed E-state index contributed by atoms with van der Waals surface area (Å²) in [5, 5.41) is 12.8. The maximum atomic E-state index is 12.8. The largest absolute Gasteiger partial charge is 0.507 e. The molecule has 0 saturated heterocycles. The predicted molar refractivity (Wildman–Crippen MR) is 298 cm³/mol. The number of fused-ring (bicyclic) bond motifs is 1. The number of imidazole rings is 1. The number of aromatic nitrogens is 3. The number of hydrogen-bond acceptors (Lipinski definition) is 3. The molecule has 0 radical (unpaired) electrons. The molecule has 0 unspecified atom stereocenters. The van der Waals surface area contributed by atoms with Crippen LogP contribution in [0.2, 0.25) is 0 Å². The van der Waals surface area contributed by atoms with Crippen molar-refractivity contribution in [1.29, 1.82) is 0 Å². The van der Waals surface area contributed by atoms with Gasteiger partial charge < -0.3 is 5.11 Å². The van der Waals surface area contributed by atoms with E-state index in [1.54, 1.807) is 0 Å². The Morgan fingerprint density at radius 1 is 0.458 bits per heavy atom. The molecule has 8 aromatic carbocycles. The standard InChI is InChI=1S/C67H62N3O.Pt/c1-43-29-31-45(32-30-43)48-33-34-68-59(38-48)51-36-49(44-21-14-11-15-22-44)35-50(37-51)53-27-20-28-60-62(53)69-64(56-39-52(65(2,3)4)40-58(63(56)71)67(8,9)10)70(60)61-42-54(46-23-16-12-17-24-46)57(66(5,6)7)41-55(61)47-25-18-13-19-26-47;/h11-36,38-42,71H,1-10H3;/q-1;. The van der Waals surface area contributed by atoms with Crippen molar-refractivity contribution < 1.29 is 26.2 Å². The van der Waals surface area contributed by atoms with Gasteiger partial charge in [-0.15, -0.1) is 23.8 Å². The van der Waals surface area contributed by atoms with Gasteiger partial charge in [0.2, 0.25) is 0 Å². The van der Waals surface area contributed by atoms with E-state index in [1.165, 1.54) is 11.1 Å². The quantitative estimate of drug-likeness (QED) is 0.154. The molecule has 10 aromatic rings. The van der Waals surface area contributed by atoms with Crippen molar-refractivity contribution in [2.75, 3.05) is 0 Å². The normalized spacial score (nSPS) is 12.0. The van der Waals surface area contributed by atoms with Gasteiger partial charge in [-0.2, -0.15) is 0 Å². The van der Waals surface area contributed by atoms with Crippen molar-refractivity contribution >= 4 is 11.0 Å². The number of phenols is 1. The van der Waals surface area contributed by atoms with Crippen LogP contribution < -0.4 is 0 Å². The number of pyridine rings is 1. The molecule has 4 nitrogen and oxygen atoms in total. The Kier molecular flexibility index (Phi) is 13.5. The molecule has 0 fully saturated rings. The molecule has 72 heavy (non-hydrogen) atoms. The number of rotatable bonds is 8. The Bertz CT molecular complexity index is 3570. The smallest absolute Gasteiger partial charge is 0.148 e. The van der Waals surface area contributed by atoms with E-state index in [-0.39, 0.29) is 43.1 Å². The Labute approximate surface area is 440 Å². The van der Waals surface area contributed by atoms with Crippen LogP contribution in [0.5, 0.6) is 5.75 Å². The maximum absolute atomic E-state index is 12.8. The molecule has 5 heteroatoms. The molecule has 0 amide bonds. The molecule has 362 valence electrons. The van der Waals surface area contributed by atoms with Gasteiger partial charge in [0, 0.05) is 44.1 Å². The van der Waals surface area contributed by atoms with Crippen molar-refractivity contribution in [3.05, 3.63) is 217 Å². The van der Waals surface area contributed by atoms with Crippen LogP contribution in [0.3, 0.4) is 0 Å². The zero-order valence-corrected chi connectivity index (χ0v) is 45.3. The number of phenolic OH excluding ortho intramolecular Hbond substituents is 1. The fourth-order valence-corrected chi connectivity index (χ4v) is 9.80. The molecule has 2 aromatic heterocycles. The number of aryl methyl sites for hydroxylation is 1. The van der Waals surface area contributed by atoms with Crippen molar-refractivity contribution in [2.45, 2.75) is 85.5 Å². The minimum atomic E-state index is -0.361. The first kappa shape index (κ1) is 49.8. The van der Waals surface area contributed by atoms with Crippen molar-refractivity contribution in [2.24, 2.45) is 0 Å². The second-order valence-corrected chi connectivity index (χ2v) is 22.1. The summed E-state index contributed by atoms with van der Waals surface area (Å²) < 4.78 is 2.31. The van der Waals surface area contributed by atoms with Gasteiger partial charge in [0.15, 0.2) is 0 Å². The summed E-state index contributed by atoms with van der Waals surface area (Å²) in [6.07, 6.45) is 1.89. The first-order valence-electron chi connectivity index (χ1n) is 24.8. The van der Waals surface area contributed by atoms with Gasteiger partial charge >= 0.3 is 0 Å². The average Bonchev–Trinajstić information content (AvgIpc) is 3.75. The molecule has 2 heterocycles. The summed E-state index contributed by atoms with van der Waals surface area (Å²) in [6.45, 7) is 22.2. The van der Waals surface area contributed by atoms with Gasteiger partial charge in [0.25, 0.3) is 0 Å². The summed E-state index contributed by atoms with van der Waals surface area (Å²) in [5.74, 6) is 0.895. The summed E-state index contributed by atoms with van der Waals surface area (Å²) in [4.78, 5) is 10.7. The van der Waals surface area contributed by atoms with E-state index in [1.807, 2.05) is 6.20 Å². The first-order valence-corrected chi connectivity index (χ1v) is 24.8. The van der Waals surface area contributed by atoms with E-state index in [9.17, 15) is 5.11 Å². The summed E-state index contributed by atoms with van der Waals surface area (Å²) >= 11 is 0. The van der Waals surface area contributed by atoms with Gasteiger partial charge in [0.1, 0.15) is 11.6 Å². The summed E-state index contributed by atoms with van der Waals surface area (Å²) in [5.41, 5.74) is 19.4. The minimum absolute atomic E-state index is 0. The van der Waals surface area contributed by atoms with Crippen LogP contribution >= 0.6 is 0 Å². The molecular weight excluding hydrogens is 1060 g/mol. The summed E-state index contributed by atoms with van der Waals surface area (Å²) in [6, 6.07) is 68.7. The second kappa shape index (κ2) is 19.5. The molecular formula is C67H62N3OPt-. The van der Waals surface area contributed by atoms with Crippen LogP contribution in [0, 0.1) is 13.0 Å². The van der Waals surface area contributed by atoms with Gasteiger partial charge in [-0.1, -0.05) is 224 Å². The van der Waals surface area contributed by atoms with E-state index in [2.05, 4.69) is 262 Å². The Balaban J connectivity index is 0.00000640. The number of para-hydroxylation sites is 1.